The zero-order valence-electron chi connectivity index (χ0n) is 12.3. The monoisotopic (exact) mass is 267 g/mol. The molecular formula is C15H25NO3. The van der Waals surface area contributed by atoms with Gasteiger partial charge < -0.3 is 19.9 Å². The second-order valence-corrected chi connectivity index (χ2v) is 4.96. The molecule has 2 N–H and O–H groups in total. The van der Waals surface area contributed by atoms with Crippen LogP contribution in [0.2, 0.25) is 0 Å². The Morgan fingerprint density at radius 1 is 1.16 bits per heavy atom. The third-order valence-corrected chi connectivity index (χ3v) is 3.57. The Morgan fingerprint density at radius 2 is 1.74 bits per heavy atom. The van der Waals surface area contributed by atoms with E-state index in [4.69, 9.17) is 14.6 Å². The number of aliphatic hydroxyl groups excluding tert-OH is 1. The zero-order valence-corrected chi connectivity index (χ0v) is 12.3. The van der Waals surface area contributed by atoms with Crippen molar-refractivity contribution in [2.24, 2.45) is 0 Å². The molecule has 0 amide bonds. The van der Waals surface area contributed by atoms with E-state index in [0.29, 0.717) is 0 Å². The molecule has 0 fully saturated rings. The van der Waals surface area contributed by atoms with Crippen LogP contribution in [-0.2, 0) is 6.54 Å². The second-order valence-electron chi connectivity index (χ2n) is 4.96. The highest BCUT2D eigenvalue weighted by atomic mass is 16.5. The Labute approximate surface area is 115 Å². The van der Waals surface area contributed by atoms with Crippen molar-refractivity contribution in [3.63, 3.8) is 0 Å². The van der Waals surface area contributed by atoms with Gasteiger partial charge in [0.25, 0.3) is 0 Å². The van der Waals surface area contributed by atoms with Crippen molar-refractivity contribution in [2.75, 3.05) is 20.8 Å². The van der Waals surface area contributed by atoms with Crippen LogP contribution in [-0.4, -0.2) is 31.5 Å². The SMILES string of the molecule is CCC(C)(CCO)NCc1cc(OC)cc(OC)c1. The number of hydrogen-bond acceptors (Lipinski definition) is 4. The second kappa shape index (κ2) is 7.36. The van der Waals surface area contributed by atoms with Crippen LogP contribution >= 0.6 is 0 Å². The van der Waals surface area contributed by atoms with Crippen molar-refractivity contribution in [3.8, 4) is 11.5 Å². The first-order valence-corrected chi connectivity index (χ1v) is 6.64. The number of nitrogens with one attached hydrogen (secondary N) is 1. The van der Waals surface area contributed by atoms with E-state index in [2.05, 4.69) is 19.2 Å². The molecule has 0 saturated carbocycles. The average Bonchev–Trinajstić information content (AvgIpc) is 2.45. The summed E-state index contributed by atoms with van der Waals surface area (Å²) in [6, 6.07) is 5.84. The molecule has 0 spiro atoms. The third kappa shape index (κ3) is 4.73. The maximum Gasteiger partial charge on any atom is 0.122 e. The molecule has 4 nitrogen and oxygen atoms in total. The Morgan fingerprint density at radius 3 is 2.16 bits per heavy atom. The Balaban J connectivity index is 2.76. The molecule has 0 aliphatic carbocycles. The van der Waals surface area contributed by atoms with Gasteiger partial charge in [0.2, 0.25) is 0 Å². The lowest BCUT2D eigenvalue weighted by Crippen LogP contribution is -2.42. The molecule has 1 rings (SSSR count). The van der Waals surface area contributed by atoms with E-state index < -0.39 is 0 Å². The molecule has 0 aliphatic heterocycles. The van der Waals surface area contributed by atoms with Gasteiger partial charge in [-0.1, -0.05) is 6.92 Å². The molecule has 1 aromatic rings. The van der Waals surface area contributed by atoms with E-state index in [-0.39, 0.29) is 12.1 Å². The van der Waals surface area contributed by atoms with Gasteiger partial charge in [0.05, 0.1) is 14.2 Å². The standard InChI is InChI=1S/C15H25NO3/c1-5-15(2,6-7-17)16-11-12-8-13(18-3)10-14(9-12)19-4/h8-10,16-17H,5-7,11H2,1-4H3. The largest absolute Gasteiger partial charge is 0.497 e. The van der Waals surface area contributed by atoms with Crippen molar-refractivity contribution in [1.29, 1.82) is 0 Å². The smallest absolute Gasteiger partial charge is 0.122 e. The van der Waals surface area contributed by atoms with Crippen LogP contribution < -0.4 is 14.8 Å². The molecule has 19 heavy (non-hydrogen) atoms. The number of hydrogen-bond donors (Lipinski definition) is 2. The lowest BCUT2D eigenvalue weighted by atomic mass is 9.94. The molecule has 0 radical (unpaired) electrons. The molecule has 108 valence electrons. The van der Waals surface area contributed by atoms with E-state index in [1.807, 2.05) is 18.2 Å². The summed E-state index contributed by atoms with van der Waals surface area (Å²) < 4.78 is 10.5. The van der Waals surface area contributed by atoms with Crippen LogP contribution in [0.4, 0.5) is 0 Å². The van der Waals surface area contributed by atoms with Crippen LogP contribution in [0.15, 0.2) is 18.2 Å². The maximum atomic E-state index is 9.11. The Hall–Kier alpha value is -1.26. The molecule has 0 heterocycles. The van der Waals surface area contributed by atoms with Crippen LogP contribution in [0.1, 0.15) is 32.3 Å². The summed E-state index contributed by atoms with van der Waals surface area (Å²) in [5.41, 5.74) is 1.05. The number of ether oxygens (including phenoxy) is 2. The summed E-state index contributed by atoms with van der Waals surface area (Å²) in [5, 5.41) is 12.6. The van der Waals surface area contributed by atoms with Gasteiger partial charge in [-0.2, -0.15) is 0 Å². The summed E-state index contributed by atoms with van der Waals surface area (Å²) in [6.07, 6.45) is 1.71. The molecule has 0 saturated heterocycles. The minimum atomic E-state index is -0.0505. The molecule has 0 aliphatic rings. The quantitative estimate of drug-likeness (QED) is 0.759. The normalized spacial score (nSPS) is 13.9. The van der Waals surface area contributed by atoms with Crippen LogP contribution in [0.25, 0.3) is 0 Å². The van der Waals surface area contributed by atoms with Crippen molar-refractivity contribution in [2.45, 2.75) is 38.8 Å². The summed E-state index contributed by atoms with van der Waals surface area (Å²) in [7, 11) is 3.29. The van der Waals surface area contributed by atoms with Crippen molar-refractivity contribution in [1.82, 2.24) is 5.32 Å². The number of benzene rings is 1. The maximum absolute atomic E-state index is 9.11. The first-order chi connectivity index (χ1) is 9.06. The van der Waals surface area contributed by atoms with Gasteiger partial charge in [-0.15, -0.1) is 0 Å². The molecule has 1 unspecified atom stereocenters. The van der Waals surface area contributed by atoms with E-state index in [1.165, 1.54) is 0 Å². The summed E-state index contributed by atoms with van der Waals surface area (Å²) in [4.78, 5) is 0. The van der Waals surface area contributed by atoms with Crippen molar-refractivity contribution >= 4 is 0 Å². The highest BCUT2D eigenvalue weighted by Gasteiger charge is 2.20. The minimum absolute atomic E-state index is 0.0505. The van der Waals surface area contributed by atoms with Gasteiger partial charge in [-0.3, -0.25) is 0 Å². The topological polar surface area (TPSA) is 50.7 Å². The first kappa shape index (κ1) is 15.8. The summed E-state index contributed by atoms with van der Waals surface area (Å²) in [6.45, 7) is 5.16. The molecule has 0 aromatic heterocycles. The van der Waals surface area contributed by atoms with E-state index >= 15 is 0 Å². The molecular weight excluding hydrogens is 242 g/mol. The number of methoxy groups -OCH3 is 2. The first-order valence-electron chi connectivity index (χ1n) is 6.64. The van der Waals surface area contributed by atoms with Crippen LogP contribution in [0, 0.1) is 0 Å². The Kier molecular flexibility index (Phi) is 6.12. The lowest BCUT2D eigenvalue weighted by molar-refractivity contribution is 0.214. The van der Waals surface area contributed by atoms with Gasteiger partial charge in [0.15, 0.2) is 0 Å². The number of rotatable bonds is 8. The Bertz CT molecular complexity index is 373. The fraction of sp³-hybridized carbons (Fsp3) is 0.600. The highest BCUT2D eigenvalue weighted by Crippen LogP contribution is 2.23. The van der Waals surface area contributed by atoms with Crippen molar-refractivity contribution < 1.29 is 14.6 Å². The fourth-order valence-electron chi connectivity index (χ4n) is 1.92. The molecule has 1 atom stereocenters. The van der Waals surface area contributed by atoms with E-state index in [0.717, 1.165) is 36.4 Å². The summed E-state index contributed by atoms with van der Waals surface area (Å²) >= 11 is 0. The summed E-state index contributed by atoms with van der Waals surface area (Å²) in [5.74, 6) is 1.58. The molecule has 0 bridgehead atoms. The van der Waals surface area contributed by atoms with Gasteiger partial charge in [-0.25, -0.2) is 0 Å². The van der Waals surface area contributed by atoms with Gasteiger partial charge >= 0.3 is 0 Å². The molecule has 4 heteroatoms. The average molecular weight is 267 g/mol. The fourth-order valence-corrected chi connectivity index (χ4v) is 1.92. The van der Waals surface area contributed by atoms with Crippen LogP contribution in [0.5, 0.6) is 11.5 Å². The minimum Gasteiger partial charge on any atom is -0.497 e. The predicted molar refractivity (Wildman–Crippen MR) is 76.8 cm³/mol. The van der Waals surface area contributed by atoms with E-state index in [1.54, 1.807) is 14.2 Å². The van der Waals surface area contributed by atoms with Crippen LogP contribution in [0.3, 0.4) is 0 Å². The number of aliphatic hydroxyl groups is 1. The van der Waals surface area contributed by atoms with E-state index in [9.17, 15) is 0 Å². The molecule has 1 aromatic carbocycles. The van der Waals surface area contributed by atoms with Crippen molar-refractivity contribution in [3.05, 3.63) is 23.8 Å². The predicted octanol–water partition coefficient (Wildman–Crippen LogP) is 2.34. The van der Waals surface area contributed by atoms with Gasteiger partial charge in [0.1, 0.15) is 11.5 Å². The third-order valence-electron chi connectivity index (χ3n) is 3.57. The zero-order chi connectivity index (χ0) is 14.3. The van der Waals surface area contributed by atoms with Gasteiger partial charge in [-0.05, 0) is 37.5 Å². The highest BCUT2D eigenvalue weighted by molar-refractivity contribution is 5.38. The van der Waals surface area contributed by atoms with Gasteiger partial charge in [0, 0.05) is 24.8 Å². The lowest BCUT2D eigenvalue weighted by Gasteiger charge is -2.29.